The zero-order chi connectivity index (χ0) is 22.6. The van der Waals surface area contributed by atoms with Crippen molar-refractivity contribution < 1.29 is 27.2 Å². The van der Waals surface area contributed by atoms with E-state index in [2.05, 4.69) is 15.8 Å². The van der Waals surface area contributed by atoms with E-state index in [0.717, 1.165) is 12.1 Å². The van der Waals surface area contributed by atoms with Crippen LogP contribution in [0.3, 0.4) is 0 Å². The van der Waals surface area contributed by atoms with Gasteiger partial charge in [-0.2, -0.15) is 18.3 Å². The number of rotatable bonds is 5. The first-order valence-corrected chi connectivity index (χ1v) is 9.14. The third-order valence-corrected chi connectivity index (χ3v) is 4.11. The van der Waals surface area contributed by atoms with Gasteiger partial charge in [0.1, 0.15) is 5.76 Å². The Balaban J connectivity index is 1.80. The van der Waals surface area contributed by atoms with Crippen LogP contribution in [-0.4, -0.2) is 17.5 Å². The Labute approximate surface area is 175 Å². The van der Waals surface area contributed by atoms with E-state index in [0.29, 0.717) is 5.71 Å². The van der Waals surface area contributed by atoms with Crippen molar-refractivity contribution >= 4 is 23.2 Å². The highest BCUT2D eigenvalue weighted by atomic mass is 19.4. The molecule has 0 aliphatic heterocycles. The molecule has 0 radical (unpaired) electrons. The summed E-state index contributed by atoms with van der Waals surface area (Å²) in [6.07, 6.45) is -4.49. The molecule has 6 nitrogen and oxygen atoms in total. The topological polar surface area (TPSA) is 83.7 Å². The summed E-state index contributed by atoms with van der Waals surface area (Å²) in [6.45, 7) is 3.43. The average Bonchev–Trinajstić information content (AvgIpc) is 3.22. The number of halogens is 3. The van der Waals surface area contributed by atoms with Gasteiger partial charge < -0.3 is 9.73 Å². The number of hydrogen-bond donors (Lipinski definition) is 2. The van der Waals surface area contributed by atoms with Crippen LogP contribution in [-0.2, 0) is 6.18 Å². The molecule has 0 aliphatic rings. The molecule has 0 unspecified atom stereocenters. The molecule has 0 aliphatic carbocycles. The van der Waals surface area contributed by atoms with E-state index in [1.807, 2.05) is 0 Å². The highest BCUT2D eigenvalue weighted by Gasteiger charge is 2.30. The molecular formula is C22H18F3N3O3. The Morgan fingerprint density at radius 1 is 0.935 bits per heavy atom. The number of hydrazone groups is 1. The molecule has 160 valence electrons. The Morgan fingerprint density at radius 3 is 2.39 bits per heavy atom. The van der Waals surface area contributed by atoms with E-state index in [1.165, 1.54) is 36.4 Å². The van der Waals surface area contributed by atoms with Gasteiger partial charge in [-0.3, -0.25) is 9.59 Å². The van der Waals surface area contributed by atoms with E-state index < -0.39 is 23.6 Å². The zero-order valence-electron chi connectivity index (χ0n) is 16.6. The highest BCUT2D eigenvalue weighted by Crippen LogP contribution is 2.32. The van der Waals surface area contributed by atoms with Gasteiger partial charge in [-0.1, -0.05) is 24.3 Å². The third kappa shape index (κ3) is 5.39. The Bertz CT molecular complexity index is 1150. The molecule has 1 aromatic heterocycles. The van der Waals surface area contributed by atoms with Crippen LogP contribution in [0.25, 0.3) is 11.3 Å². The summed E-state index contributed by atoms with van der Waals surface area (Å²) in [7, 11) is 0. The second-order valence-electron chi connectivity index (χ2n) is 6.74. The van der Waals surface area contributed by atoms with Gasteiger partial charge in [0.2, 0.25) is 0 Å². The lowest BCUT2D eigenvalue weighted by Crippen LogP contribution is -2.21. The molecule has 2 amide bonds. The summed E-state index contributed by atoms with van der Waals surface area (Å²) >= 11 is 0. The molecule has 3 rings (SSSR count). The quantitative estimate of drug-likeness (QED) is 0.424. The number of carbonyl (C=O) groups excluding carboxylic acids is 2. The number of carbonyl (C=O) groups is 2. The summed E-state index contributed by atoms with van der Waals surface area (Å²) in [4.78, 5) is 24.9. The number of para-hydroxylation sites is 1. The fourth-order valence-corrected chi connectivity index (χ4v) is 2.66. The van der Waals surface area contributed by atoms with Gasteiger partial charge >= 0.3 is 6.18 Å². The normalized spacial score (nSPS) is 11.0. The van der Waals surface area contributed by atoms with Crippen molar-refractivity contribution in [2.24, 2.45) is 5.10 Å². The highest BCUT2D eigenvalue weighted by molar-refractivity contribution is 6.08. The Morgan fingerprint density at radius 2 is 1.68 bits per heavy atom. The van der Waals surface area contributed by atoms with Gasteiger partial charge in [-0.05, 0) is 50.2 Å². The first kappa shape index (κ1) is 21.8. The van der Waals surface area contributed by atoms with Crippen LogP contribution in [0.1, 0.15) is 40.3 Å². The number of alkyl halides is 3. The third-order valence-electron chi connectivity index (χ3n) is 4.11. The zero-order valence-corrected chi connectivity index (χ0v) is 16.6. The number of anilines is 1. The second-order valence-corrected chi connectivity index (χ2v) is 6.74. The molecule has 2 aromatic carbocycles. The van der Waals surface area contributed by atoms with Crippen LogP contribution in [0, 0.1) is 0 Å². The van der Waals surface area contributed by atoms with Gasteiger partial charge in [-0.25, -0.2) is 5.43 Å². The smallest absolute Gasteiger partial charge is 0.416 e. The Kier molecular flexibility index (Phi) is 6.24. The predicted octanol–water partition coefficient (Wildman–Crippen LogP) is 5.34. The van der Waals surface area contributed by atoms with Crippen LogP contribution >= 0.6 is 0 Å². The number of hydrogen-bond acceptors (Lipinski definition) is 4. The SMILES string of the molecule is CC(C)=NNC(=O)c1ccccc1NC(=O)c1ccc(-c2cccc(C(F)(F)F)c2)o1. The Hall–Kier alpha value is -3.88. The largest absolute Gasteiger partial charge is 0.451 e. The van der Waals surface area contributed by atoms with Crippen molar-refractivity contribution in [2.75, 3.05) is 5.32 Å². The summed E-state index contributed by atoms with van der Waals surface area (Å²) < 4.78 is 44.2. The van der Waals surface area contributed by atoms with Crippen molar-refractivity contribution in [2.45, 2.75) is 20.0 Å². The maximum atomic E-state index is 12.9. The minimum atomic E-state index is -4.49. The molecule has 2 N–H and O–H groups in total. The second kappa shape index (κ2) is 8.86. The average molecular weight is 429 g/mol. The number of benzene rings is 2. The summed E-state index contributed by atoms with van der Waals surface area (Å²) in [5.41, 5.74) is 2.80. The molecule has 0 saturated carbocycles. The molecular weight excluding hydrogens is 411 g/mol. The van der Waals surface area contributed by atoms with Gasteiger partial charge in [0.15, 0.2) is 5.76 Å². The number of nitrogens with zero attached hydrogens (tertiary/aromatic N) is 1. The van der Waals surface area contributed by atoms with Crippen LogP contribution in [0.5, 0.6) is 0 Å². The first-order chi connectivity index (χ1) is 14.6. The van der Waals surface area contributed by atoms with Crippen molar-refractivity contribution in [3.63, 3.8) is 0 Å². The number of furan rings is 1. The van der Waals surface area contributed by atoms with E-state index >= 15 is 0 Å². The van der Waals surface area contributed by atoms with Crippen LogP contribution in [0.2, 0.25) is 0 Å². The van der Waals surface area contributed by atoms with Crippen LogP contribution in [0.15, 0.2) is 70.2 Å². The summed E-state index contributed by atoms with van der Waals surface area (Å²) in [5.74, 6) is -1.19. The summed E-state index contributed by atoms with van der Waals surface area (Å²) in [5, 5.41) is 6.42. The maximum absolute atomic E-state index is 12.9. The molecule has 0 spiro atoms. The van der Waals surface area contributed by atoms with E-state index in [9.17, 15) is 22.8 Å². The van der Waals surface area contributed by atoms with Crippen LogP contribution in [0.4, 0.5) is 18.9 Å². The maximum Gasteiger partial charge on any atom is 0.416 e. The first-order valence-electron chi connectivity index (χ1n) is 9.14. The fraction of sp³-hybridized carbons (Fsp3) is 0.136. The lowest BCUT2D eigenvalue weighted by Gasteiger charge is -2.09. The van der Waals surface area contributed by atoms with E-state index in [-0.39, 0.29) is 28.3 Å². The van der Waals surface area contributed by atoms with Crippen molar-refractivity contribution in [3.05, 3.63) is 77.6 Å². The molecule has 9 heteroatoms. The van der Waals surface area contributed by atoms with Crippen molar-refractivity contribution in [3.8, 4) is 11.3 Å². The van der Waals surface area contributed by atoms with Crippen molar-refractivity contribution in [1.29, 1.82) is 0 Å². The van der Waals surface area contributed by atoms with Gasteiger partial charge in [0.25, 0.3) is 11.8 Å². The molecule has 0 fully saturated rings. The lowest BCUT2D eigenvalue weighted by molar-refractivity contribution is -0.137. The van der Waals surface area contributed by atoms with Crippen molar-refractivity contribution in [1.82, 2.24) is 5.43 Å². The molecule has 0 bridgehead atoms. The minimum absolute atomic E-state index is 0.107. The molecule has 0 atom stereocenters. The monoisotopic (exact) mass is 429 g/mol. The standard InChI is InChI=1S/C22H18F3N3O3/c1-13(2)27-28-20(29)16-8-3-4-9-17(16)26-21(30)19-11-10-18(31-19)14-6-5-7-15(12-14)22(23,24)25/h3-12H,1-2H3,(H,26,30)(H,28,29). The number of amides is 2. The van der Waals surface area contributed by atoms with E-state index in [4.69, 9.17) is 4.42 Å². The fourth-order valence-electron chi connectivity index (χ4n) is 2.66. The number of nitrogens with one attached hydrogen (secondary N) is 2. The summed E-state index contributed by atoms with van der Waals surface area (Å²) in [6, 6.07) is 13.7. The van der Waals surface area contributed by atoms with Crippen LogP contribution < -0.4 is 10.7 Å². The molecule has 3 aromatic rings. The van der Waals surface area contributed by atoms with E-state index in [1.54, 1.807) is 26.0 Å². The minimum Gasteiger partial charge on any atom is -0.451 e. The molecule has 0 saturated heterocycles. The predicted molar refractivity (Wildman–Crippen MR) is 110 cm³/mol. The van der Waals surface area contributed by atoms with Gasteiger partial charge in [0, 0.05) is 11.3 Å². The lowest BCUT2D eigenvalue weighted by atomic mass is 10.1. The molecule has 1 heterocycles. The van der Waals surface area contributed by atoms with Gasteiger partial charge in [0.05, 0.1) is 16.8 Å². The molecule has 31 heavy (non-hydrogen) atoms. The van der Waals surface area contributed by atoms with Gasteiger partial charge in [-0.15, -0.1) is 0 Å².